The summed E-state index contributed by atoms with van der Waals surface area (Å²) in [5.41, 5.74) is 8.40. The summed E-state index contributed by atoms with van der Waals surface area (Å²) >= 11 is 0. The molecule has 6 aromatic rings. The maximum Gasteiger partial charge on any atom is 0.337 e. The Morgan fingerprint density at radius 2 is 1.12 bits per heavy atom. The Morgan fingerprint density at radius 3 is 1.60 bits per heavy atom. The lowest BCUT2D eigenvalue weighted by Gasteiger charge is -2.06. The Kier molecular flexibility index (Phi) is 11.2. The van der Waals surface area contributed by atoms with E-state index >= 15 is 0 Å². The molecule has 0 unspecified atom stereocenters. The molecule has 0 bridgehead atoms. The van der Waals surface area contributed by atoms with Gasteiger partial charge in [0.25, 0.3) is 0 Å². The summed E-state index contributed by atoms with van der Waals surface area (Å²) in [5.74, 6) is -0.741. The van der Waals surface area contributed by atoms with E-state index in [0.717, 1.165) is 61.7 Å². The topological polar surface area (TPSA) is 141 Å². The van der Waals surface area contributed by atoms with E-state index in [1.165, 1.54) is 14.2 Å². The van der Waals surface area contributed by atoms with Crippen LogP contribution in [0.4, 0.5) is 0 Å². The van der Waals surface area contributed by atoms with E-state index in [4.69, 9.17) is 14.6 Å². The van der Waals surface area contributed by atoms with Crippen LogP contribution in [0, 0.1) is 0 Å². The summed E-state index contributed by atoms with van der Waals surface area (Å²) in [4.78, 5) is 51.3. The molecule has 48 heavy (non-hydrogen) atoms. The lowest BCUT2D eigenvalue weighted by Crippen LogP contribution is -2.03. The van der Waals surface area contributed by atoms with Gasteiger partial charge in [-0.05, 0) is 89.3 Å². The molecule has 0 aliphatic rings. The molecule has 10 heteroatoms. The van der Waals surface area contributed by atoms with E-state index in [2.05, 4.69) is 26.0 Å². The van der Waals surface area contributed by atoms with Gasteiger partial charge in [0.05, 0.1) is 36.4 Å². The maximum atomic E-state index is 11.6. The molecule has 1 N–H and O–H groups in total. The van der Waals surface area contributed by atoms with Crippen LogP contribution in [0.3, 0.4) is 0 Å². The number of carbonyl (C=O) groups is 3. The lowest BCUT2D eigenvalue weighted by molar-refractivity contribution is -0.107. The largest absolute Gasteiger partial charge is 0.465 e. The predicted octanol–water partition coefficient (Wildman–Crippen LogP) is 5.29. The fourth-order valence-corrected chi connectivity index (χ4v) is 5.20. The maximum absolute atomic E-state index is 11.6. The zero-order valence-corrected chi connectivity index (χ0v) is 26.6. The second kappa shape index (κ2) is 16.1. The minimum Gasteiger partial charge on any atom is -0.465 e. The average molecular weight is 643 g/mol. The number of nitrogens with zero attached hydrogens (tertiary/aromatic N) is 4. The molecule has 6 rings (SSSR count). The number of aliphatic hydroxyl groups is 1. The van der Waals surface area contributed by atoms with Crippen LogP contribution in [0.5, 0.6) is 0 Å². The quantitative estimate of drug-likeness (QED) is 0.155. The summed E-state index contributed by atoms with van der Waals surface area (Å²) in [5, 5.41) is 11.1. The molecule has 4 aromatic heterocycles. The van der Waals surface area contributed by atoms with E-state index in [9.17, 15) is 14.4 Å². The van der Waals surface area contributed by atoms with Crippen LogP contribution < -0.4 is 0 Å². The third kappa shape index (κ3) is 8.68. The van der Waals surface area contributed by atoms with Crippen LogP contribution >= 0.6 is 0 Å². The Balaban J connectivity index is 0.000000188. The van der Waals surface area contributed by atoms with Crippen molar-refractivity contribution in [3.8, 4) is 0 Å². The molecule has 10 nitrogen and oxygen atoms in total. The first-order valence-electron chi connectivity index (χ1n) is 15.2. The monoisotopic (exact) mass is 642 g/mol. The first-order chi connectivity index (χ1) is 23.4. The molecule has 0 spiro atoms. The lowest BCUT2D eigenvalue weighted by atomic mass is 10.0. The first kappa shape index (κ1) is 33.5. The number of pyridine rings is 4. The fourth-order valence-electron chi connectivity index (χ4n) is 5.20. The summed E-state index contributed by atoms with van der Waals surface area (Å²) in [7, 11) is 2.72. The number of aldehydes is 1. The Bertz CT molecular complexity index is 2080. The van der Waals surface area contributed by atoms with Gasteiger partial charge in [-0.15, -0.1) is 0 Å². The number of methoxy groups -OCH3 is 2. The number of carbonyl (C=O) groups excluding carboxylic acids is 3. The van der Waals surface area contributed by atoms with Gasteiger partial charge in [0.15, 0.2) is 0 Å². The molecule has 2 aromatic carbocycles. The summed E-state index contributed by atoms with van der Waals surface area (Å²) in [6.45, 7) is 0.108. The van der Waals surface area contributed by atoms with Crippen LogP contribution in [0.15, 0.2) is 97.6 Å². The Labute approximate surface area is 277 Å². The minimum absolute atomic E-state index is 0.108. The second-order valence-corrected chi connectivity index (χ2v) is 11.0. The van der Waals surface area contributed by atoms with Crippen molar-refractivity contribution in [1.29, 1.82) is 0 Å². The molecule has 4 heterocycles. The highest BCUT2D eigenvalue weighted by Crippen LogP contribution is 2.20. The molecule has 0 fully saturated rings. The van der Waals surface area contributed by atoms with Crippen molar-refractivity contribution in [2.75, 3.05) is 20.8 Å². The number of benzene rings is 2. The average Bonchev–Trinajstić information content (AvgIpc) is 3.11. The van der Waals surface area contributed by atoms with Crippen molar-refractivity contribution < 1.29 is 29.0 Å². The molecule has 0 atom stereocenters. The van der Waals surface area contributed by atoms with E-state index in [0.29, 0.717) is 36.8 Å². The Hall–Kier alpha value is -5.87. The van der Waals surface area contributed by atoms with Gasteiger partial charge >= 0.3 is 11.9 Å². The number of ether oxygens (including phenoxy) is 2. The van der Waals surface area contributed by atoms with Gasteiger partial charge in [-0.25, -0.2) is 9.59 Å². The molecule has 0 aliphatic heterocycles. The summed E-state index contributed by atoms with van der Waals surface area (Å²) < 4.78 is 9.47. The molecule has 0 amide bonds. The highest BCUT2D eigenvalue weighted by molar-refractivity contribution is 5.90. The van der Waals surface area contributed by atoms with Crippen molar-refractivity contribution in [1.82, 2.24) is 19.9 Å². The highest BCUT2D eigenvalue weighted by atomic mass is 16.5. The number of fused-ring (bicyclic) bond motifs is 2. The predicted molar refractivity (Wildman–Crippen MR) is 181 cm³/mol. The molecule has 0 saturated carbocycles. The van der Waals surface area contributed by atoms with Crippen molar-refractivity contribution in [3.63, 3.8) is 0 Å². The van der Waals surface area contributed by atoms with E-state index in [1.807, 2.05) is 42.5 Å². The highest BCUT2D eigenvalue weighted by Gasteiger charge is 2.09. The van der Waals surface area contributed by atoms with Crippen LogP contribution in [-0.2, 0) is 40.0 Å². The number of hydrogen-bond donors (Lipinski definition) is 1. The van der Waals surface area contributed by atoms with Crippen molar-refractivity contribution in [2.24, 2.45) is 0 Å². The SMILES string of the molecule is COC(=O)c1ccnc(Cc2ccc3ncc(CC=O)cc3c2)c1.COC(=O)c1ccnc(Cc2ccc3ncc(CCO)cc3c2)c1. The van der Waals surface area contributed by atoms with Crippen LogP contribution in [0.2, 0.25) is 0 Å². The summed E-state index contributed by atoms with van der Waals surface area (Å²) in [6, 6.07) is 22.8. The van der Waals surface area contributed by atoms with E-state index < -0.39 is 0 Å². The number of esters is 2. The third-order valence-electron chi connectivity index (χ3n) is 7.57. The van der Waals surface area contributed by atoms with Crippen LogP contribution in [0.1, 0.15) is 54.4 Å². The van der Waals surface area contributed by atoms with Crippen LogP contribution in [-0.4, -0.2) is 64.1 Å². The number of aromatic nitrogens is 4. The van der Waals surface area contributed by atoms with Gasteiger partial charge in [0, 0.05) is 72.8 Å². The second-order valence-electron chi connectivity index (χ2n) is 11.0. The normalized spacial score (nSPS) is 10.6. The molecule has 0 saturated heterocycles. The first-order valence-corrected chi connectivity index (χ1v) is 15.2. The zero-order valence-electron chi connectivity index (χ0n) is 26.6. The number of rotatable bonds is 10. The Morgan fingerprint density at radius 1 is 0.646 bits per heavy atom. The van der Waals surface area contributed by atoms with Gasteiger partial charge in [-0.1, -0.05) is 12.1 Å². The minimum atomic E-state index is -0.375. The van der Waals surface area contributed by atoms with Crippen molar-refractivity contribution in [3.05, 3.63) is 142 Å². The van der Waals surface area contributed by atoms with Gasteiger partial charge in [0.1, 0.15) is 6.29 Å². The van der Waals surface area contributed by atoms with Crippen LogP contribution in [0.25, 0.3) is 21.8 Å². The molecular formula is C38H34N4O6. The number of hydrogen-bond acceptors (Lipinski definition) is 10. The standard InChI is InChI=1S/C19H18N2O3.C19H16N2O3/c2*1-24-19(23)15-4-6-20-17(11-15)10-13-2-3-18-16(8-13)9-14(5-7-22)12-21-18/h2-4,6,8-9,11-12,22H,5,7,10H2,1H3;2-4,6-9,11-12H,5,10H2,1H3. The molecule has 0 radical (unpaired) electrons. The van der Waals surface area contributed by atoms with Gasteiger partial charge in [-0.3, -0.25) is 19.9 Å². The van der Waals surface area contributed by atoms with Crippen molar-refractivity contribution >= 4 is 40.0 Å². The fraction of sp³-hybridized carbons (Fsp3) is 0.184. The zero-order chi connectivity index (χ0) is 33.9. The van der Waals surface area contributed by atoms with Gasteiger partial charge in [-0.2, -0.15) is 0 Å². The third-order valence-corrected chi connectivity index (χ3v) is 7.57. The van der Waals surface area contributed by atoms with E-state index in [1.54, 1.807) is 49.1 Å². The molecular weight excluding hydrogens is 608 g/mol. The van der Waals surface area contributed by atoms with Crippen molar-refractivity contribution in [2.45, 2.75) is 25.7 Å². The number of aliphatic hydroxyl groups excluding tert-OH is 1. The summed E-state index contributed by atoms with van der Waals surface area (Å²) in [6.07, 6.45) is 9.76. The molecule has 242 valence electrons. The van der Waals surface area contributed by atoms with Gasteiger partial charge in [0.2, 0.25) is 0 Å². The van der Waals surface area contributed by atoms with E-state index in [-0.39, 0.29) is 18.5 Å². The molecule has 0 aliphatic carbocycles. The smallest absolute Gasteiger partial charge is 0.337 e. The van der Waals surface area contributed by atoms with Gasteiger partial charge < -0.3 is 19.4 Å².